The van der Waals surface area contributed by atoms with Gasteiger partial charge in [0, 0.05) is 33.0 Å². The van der Waals surface area contributed by atoms with Crippen LogP contribution in [0.1, 0.15) is 0 Å². The highest BCUT2D eigenvalue weighted by atomic mass is 16.3. The molecule has 0 saturated heterocycles. The summed E-state index contributed by atoms with van der Waals surface area (Å²) < 4.78 is 9.38. The molecule has 0 saturated carbocycles. The Morgan fingerprint density at radius 2 is 0.911 bits per heavy atom. The van der Waals surface area contributed by atoms with Crippen molar-refractivity contribution < 1.29 is 4.42 Å². The number of furan rings is 1. The van der Waals surface area contributed by atoms with Crippen LogP contribution < -0.4 is 0 Å². The van der Waals surface area contributed by atoms with Crippen molar-refractivity contribution in [2.24, 2.45) is 0 Å². The maximum absolute atomic E-state index is 7.05. The Labute approximate surface area is 321 Å². The highest BCUT2D eigenvalue weighted by Crippen LogP contribution is 2.43. The molecule has 0 N–H and O–H groups in total. The van der Waals surface area contributed by atoms with Gasteiger partial charge >= 0.3 is 0 Å². The molecule has 0 radical (unpaired) electrons. The van der Waals surface area contributed by atoms with Crippen molar-refractivity contribution in [3.05, 3.63) is 188 Å². The molecule has 4 nitrogen and oxygen atoms in total. The van der Waals surface area contributed by atoms with E-state index < -0.39 is 0 Å². The first kappa shape index (κ1) is 30.9. The van der Waals surface area contributed by atoms with Gasteiger partial charge in [-0.1, -0.05) is 140 Å². The second-order valence-electron chi connectivity index (χ2n) is 14.5. The summed E-state index contributed by atoms with van der Waals surface area (Å²) in [4.78, 5) is 10.6. The van der Waals surface area contributed by atoms with Crippen molar-refractivity contribution >= 4 is 76.1 Å². The molecule has 56 heavy (non-hydrogen) atoms. The third-order valence-electron chi connectivity index (χ3n) is 11.4. The van der Waals surface area contributed by atoms with E-state index in [-0.39, 0.29) is 0 Å². The Morgan fingerprint density at radius 1 is 0.357 bits per heavy atom. The van der Waals surface area contributed by atoms with E-state index in [4.69, 9.17) is 14.4 Å². The van der Waals surface area contributed by atoms with Crippen LogP contribution in [0.3, 0.4) is 0 Å². The topological polar surface area (TPSA) is 43.9 Å². The number of hydrogen-bond acceptors (Lipinski definition) is 3. The lowest BCUT2D eigenvalue weighted by molar-refractivity contribution is 0.673. The summed E-state index contributed by atoms with van der Waals surface area (Å²) in [5, 5.41) is 11.8. The van der Waals surface area contributed by atoms with Crippen LogP contribution in [0.4, 0.5) is 0 Å². The first-order valence-corrected chi connectivity index (χ1v) is 19.0. The van der Waals surface area contributed by atoms with E-state index in [2.05, 4.69) is 187 Å². The molecule has 0 amide bonds. The summed E-state index contributed by atoms with van der Waals surface area (Å²) >= 11 is 0. The largest absolute Gasteiger partial charge is 0.455 e. The number of aromatic nitrogens is 3. The minimum atomic E-state index is 0.623. The van der Waals surface area contributed by atoms with Crippen molar-refractivity contribution in [3.63, 3.8) is 0 Å². The van der Waals surface area contributed by atoms with Gasteiger partial charge in [0.1, 0.15) is 11.2 Å². The maximum atomic E-state index is 7.05. The summed E-state index contributed by atoms with van der Waals surface area (Å²) in [5.41, 5.74) is 9.63. The Kier molecular flexibility index (Phi) is 6.60. The molecule has 0 fully saturated rings. The van der Waals surface area contributed by atoms with Gasteiger partial charge in [0.25, 0.3) is 0 Å². The molecule has 12 rings (SSSR count). The van der Waals surface area contributed by atoms with Gasteiger partial charge in [-0.25, -0.2) is 9.97 Å². The molecule has 12 aromatic rings. The van der Waals surface area contributed by atoms with Crippen LogP contribution in [-0.2, 0) is 0 Å². The summed E-state index contributed by atoms with van der Waals surface area (Å²) in [7, 11) is 0. The van der Waals surface area contributed by atoms with E-state index in [9.17, 15) is 0 Å². The molecule has 3 heterocycles. The van der Waals surface area contributed by atoms with Crippen molar-refractivity contribution in [3.8, 4) is 39.6 Å². The third kappa shape index (κ3) is 4.53. The van der Waals surface area contributed by atoms with Crippen molar-refractivity contribution in [1.29, 1.82) is 0 Å². The lowest BCUT2D eigenvalue weighted by atomic mass is 9.92. The third-order valence-corrected chi connectivity index (χ3v) is 11.4. The second kappa shape index (κ2) is 12.0. The Balaban J connectivity index is 1.11. The van der Waals surface area contributed by atoms with Gasteiger partial charge in [-0.05, 0) is 80.8 Å². The lowest BCUT2D eigenvalue weighted by Gasteiger charge is -2.13. The number of nitrogens with zero attached hydrogens (tertiary/aromatic N) is 3. The van der Waals surface area contributed by atoms with E-state index >= 15 is 0 Å². The minimum absolute atomic E-state index is 0.623. The fraction of sp³-hybridized carbons (Fsp3) is 0. The van der Waals surface area contributed by atoms with E-state index in [0.717, 1.165) is 77.5 Å². The molecule has 9 aromatic carbocycles. The first-order valence-electron chi connectivity index (χ1n) is 19.0. The number of fused-ring (bicyclic) bond motifs is 13. The number of para-hydroxylation sites is 3. The Hall–Kier alpha value is -7.56. The lowest BCUT2D eigenvalue weighted by Crippen LogP contribution is -1.96. The quantitative estimate of drug-likeness (QED) is 0.171. The van der Waals surface area contributed by atoms with Gasteiger partial charge in [-0.3, -0.25) is 0 Å². The van der Waals surface area contributed by atoms with Crippen LogP contribution in [0.15, 0.2) is 192 Å². The molecular formula is C52H31N3O. The van der Waals surface area contributed by atoms with Crippen molar-refractivity contribution in [2.45, 2.75) is 0 Å². The van der Waals surface area contributed by atoms with Crippen LogP contribution in [0.5, 0.6) is 0 Å². The normalized spacial score (nSPS) is 11.9. The minimum Gasteiger partial charge on any atom is -0.455 e. The predicted octanol–water partition coefficient (Wildman–Crippen LogP) is 13.9. The van der Waals surface area contributed by atoms with Crippen molar-refractivity contribution in [2.75, 3.05) is 0 Å². The fourth-order valence-corrected chi connectivity index (χ4v) is 8.88. The molecule has 0 bridgehead atoms. The van der Waals surface area contributed by atoms with Crippen LogP contribution in [0.2, 0.25) is 0 Å². The van der Waals surface area contributed by atoms with Crippen LogP contribution in [0, 0.1) is 0 Å². The number of benzene rings is 9. The fourth-order valence-electron chi connectivity index (χ4n) is 8.88. The van der Waals surface area contributed by atoms with Gasteiger partial charge in [0.05, 0.1) is 33.4 Å². The molecule has 0 atom stereocenters. The molecule has 0 aliphatic heterocycles. The van der Waals surface area contributed by atoms with Crippen molar-refractivity contribution in [1.82, 2.24) is 14.5 Å². The summed E-state index contributed by atoms with van der Waals surface area (Å²) in [5.74, 6) is 0.623. The highest BCUT2D eigenvalue weighted by molar-refractivity contribution is 6.26. The van der Waals surface area contributed by atoms with Gasteiger partial charge in [-0.15, -0.1) is 0 Å². The Morgan fingerprint density at radius 3 is 1.64 bits per heavy atom. The standard InChI is InChI=1S/C52H31N3O/c1-3-14-32(15-4-1)45-31-46(33-26-27-39-37-20-8-7-18-35(37)36-19-9-10-21-38(36)44(39)30-33)54-52(53-45)43-24-13-23-40-41-28-29-48-49(51(41)56-50(40)43)42-22-11-12-25-47(42)55(48)34-16-5-2-6-17-34/h1-31H. The van der Waals surface area contributed by atoms with Crippen LogP contribution in [0.25, 0.3) is 116 Å². The summed E-state index contributed by atoms with van der Waals surface area (Å²) in [6.45, 7) is 0. The highest BCUT2D eigenvalue weighted by Gasteiger charge is 2.22. The predicted molar refractivity (Wildman–Crippen MR) is 232 cm³/mol. The molecule has 260 valence electrons. The number of rotatable bonds is 4. The van der Waals surface area contributed by atoms with E-state index in [1.807, 2.05) is 6.07 Å². The average Bonchev–Trinajstić information content (AvgIpc) is 3.83. The molecule has 0 aliphatic carbocycles. The average molecular weight is 714 g/mol. The zero-order chi connectivity index (χ0) is 36.7. The van der Waals surface area contributed by atoms with E-state index in [1.54, 1.807) is 0 Å². The zero-order valence-electron chi connectivity index (χ0n) is 30.1. The molecule has 0 spiro atoms. The SMILES string of the molecule is c1ccc(-c2cc(-c3ccc4c5ccccc5c5ccccc5c4c3)nc(-c3cccc4c3oc3c4ccc4c3c3ccccc3n4-c3ccccc3)n2)cc1. The van der Waals surface area contributed by atoms with Gasteiger partial charge in [-0.2, -0.15) is 0 Å². The van der Waals surface area contributed by atoms with E-state index in [1.165, 1.54) is 32.3 Å². The molecule has 3 aromatic heterocycles. The van der Waals surface area contributed by atoms with Gasteiger partial charge < -0.3 is 8.98 Å². The summed E-state index contributed by atoms with van der Waals surface area (Å²) in [6.07, 6.45) is 0. The van der Waals surface area contributed by atoms with Gasteiger partial charge in [0.2, 0.25) is 0 Å². The first-order chi connectivity index (χ1) is 27.8. The smallest absolute Gasteiger partial charge is 0.164 e. The zero-order valence-corrected chi connectivity index (χ0v) is 30.1. The molecular weight excluding hydrogens is 683 g/mol. The van der Waals surface area contributed by atoms with E-state index in [0.29, 0.717) is 5.82 Å². The molecule has 4 heteroatoms. The Bertz CT molecular complexity index is 3490. The van der Waals surface area contributed by atoms with Crippen LogP contribution in [-0.4, -0.2) is 14.5 Å². The second-order valence-corrected chi connectivity index (χ2v) is 14.5. The number of hydrogen-bond donors (Lipinski definition) is 0. The maximum Gasteiger partial charge on any atom is 0.164 e. The molecule has 0 unspecified atom stereocenters. The monoisotopic (exact) mass is 713 g/mol. The molecule has 0 aliphatic rings. The van der Waals surface area contributed by atoms with Crippen LogP contribution >= 0.6 is 0 Å². The summed E-state index contributed by atoms with van der Waals surface area (Å²) in [6, 6.07) is 66.5. The van der Waals surface area contributed by atoms with Gasteiger partial charge in [0.15, 0.2) is 5.82 Å².